The van der Waals surface area contributed by atoms with Crippen LogP contribution in [0.3, 0.4) is 0 Å². The fourth-order valence-electron chi connectivity index (χ4n) is 8.65. The van der Waals surface area contributed by atoms with E-state index in [-0.39, 0.29) is 36.8 Å². The molecule has 3 fully saturated rings. The molecule has 2 aromatic carbocycles. The minimum atomic E-state index is -2.33. The zero-order chi connectivity index (χ0) is 31.5. The molecule has 0 aromatic heterocycles. The van der Waals surface area contributed by atoms with Gasteiger partial charge in [-0.25, -0.2) is 13.6 Å². The van der Waals surface area contributed by atoms with E-state index < -0.39 is 70.4 Å². The van der Waals surface area contributed by atoms with Crippen LogP contribution in [0.25, 0.3) is 0 Å². The second kappa shape index (κ2) is 10.7. The lowest BCUT2D eigenvalue weighted by Gasteiger charge is -2.63. The molecule has 0 aliphatic heterocycles. The van der Waals surface area contributed by atoms with Gasteiger partial charge in [0, 0.05) is 16.7 Å². The number of rotatable bonds is 7. The van der Waals surface area contributed by atoms with Crippen LogP contribution in [-0.2, 0) is 20.9 Å². The summed E-state index contributed by atoms with van der Waals surface area (Å²) >= 11 is 0. The maximum absolute atomic E-state index is 17.4. The van der Waals surface area contributed by atoms with Crippen LogP contribution in [0.15, 0.2) is 78.4 Å². The van der Waals surface area contributed by atoms with Crippen LogP contribution in [-0.4, -0.2) is 57.9 Å². The van der Waals surface area contributed by atoms with Gasteiger partial charge in [-0.1, -0.05) is 43.3 Å². The summed E-state index contributed by atoms with van der Waals surface area (Å²) in [6.45, 7) is 2.57. The van der Waals surface area contributed by atoms with Gasteiger partial charge in [0.2, 0.25) is 5.78 Å². The van der Waals surface area contributed by atoms with E-state index in [9.17, 15) is 24.6 Å². The molecule has 6 rings (SSSR count). The van der Waals surface area contributed by atoms with Crippen molar-refractivity contribution in [1.82, 2.24) is 0 Å². The lowest BCUT2D eigenvalue weighted by atomic mass is 9.44. The smallest absolute Gasteiger partial charge is 0.339 e. The minimum Gasteiger partial charge on any atom is -0.489 e. The SMILES string of the molecule is C[C@]12C=CC(=O)C=C1[C@@H](F)CC1C3CC[C@@](OC(=O)c4ccc(OCc5ccccc5)cc4)(C(=O)CO)[C@@]3(C)C[C@H](O)C12F. The van der Waals surface area contributed by atoms with Crippen LogP contribution < -0.4 is 4.74 Å². The molecule has 4 aliphatic rings. The average molecular weight is 607 g/mol. The number of aliphatic hydroxyl groups excluding tert-OH is 2. The fraction of sp³-hybridized carbons (Fsp3) is 0.457. The average Bonchev–Trinajstić information content (AvgIpc) is 3.30. The monoisotopic (exact) mass is 606 g/mol. The van der Waals surface area contributed by atoms with E-state index in [1.165, 1.54) is 31.2 Å². The third-order valence-electron chi connectivity index (χ3n) is 10.9. The lowest BCUT2D eigenvalue weighted by molar-refractivity contribution is -0.222. The molecule has 2 aromatic rings. The number of benzene rings is 2. The van der Waals surface area contributed by atoms with Gasteiger partial charge in [-0.3, -0.25) is 9.59 Å². The van der Waals surface area contributed by atoms with Crippen molar-refractivity contribution in [2.24, 2.45) is 22.7 Å². The van der Waals surface area contributed by atoms with Crippen molar-refractivity contribution in [3.05, 3.63) is 89.5 Å². The van der Waals surface area contributed by atoms with Gasteiger partial charge in [0.25, 0.3) is 0 Å². The second-order valence-electron chi connectivity index (χ2n) is 13.0. The van der Waals surface area contributed by atoms with Crippen LogP contribution in [0.1, 0.15) is 55.5 Å². The van der Waals surface area contributed by atoms with E-state index in [0.717, 1.165) is 11.6 Å². The van der Waals surface area contributed by atoms with Crippen LogP contribution >= 0.6 is 0 Å². The van der Waals surface area contributed by atoms with E-state index in [4.69, 9.17) is 9.47 Å². The number of halogens is 2. The predicted octanol–water partition coefficient (Wildman–Crippen LogP) is 5.04. The summed E-state index contributed by atoms with van der Waals surface area (Å²) in [5, 5.41) is 21.6. The first-order valence-electron chi connectivity index (χ1n) is 15.0. The Hall–Kier alpha value is -3.69. The Labute approximate surface area is 254 Å². The molecule has 0 heterocycles. The standard InChI is InChI=1S/C35H36F2O7/c1-32-14-12-23(39)16-27(32)28(36)17-26-25-13-15-34(30(41)19-38,33(25,2)18-29(40)35(26,32)37)44-31(42)22-8-10-24(11-9-22)43-20-21-6-4-3-5-7-21/h3-12,14,16,25-26,28-29,38,40H,13,15,17-20H2,1-2H3/t25?,26?,28-,29-,32-,33-,34+,35?/m0/s1. The molecule has 44 heavy (non-hydrogen) atoms. The van der Waals surface area contributed by atoms with E-state index >= 15 is 8.78 Å². The van der Waals surface area contributed by atoms with Crippen molar-refractivity contribution in [2.45, 2.75) is 69.7 Å². The van der Waals surface area contributed by atoms with Gasteiger partial charge < -0.3 is 19.7 Å². The van der Waals surface area contributed by atoms with E-state index in [1.807, 2.05) is 30.3 Å². The first kappa shape index (κ1) is 30.3. The Morgan fingerprint density at radius 3 is 2.43 bits per heavy atom. The number of carbonyl (C=O) groups is 3. The Morgan fingerprint density at radius 1 is 1.05 bits per heavy atom. The molecule has 0 radical (unpaired) electrons. The van der Waals surface area contributed by atoms with Crippen LogP contribution in [0.2, 0.25) is 0 Å². The molecule has 0 saturated heterocycles. The van der Waals surface area contributed by atoms with Crippen molar-refractivity contribution >= 4 is 17.5 Å². The summed E-state index contributed by atoms with van der Waals surface area (Å²) in [5.41, 5.74) is -5.95. The quantitative estimate of drug-likeness (QED) is 0.425. The number of hydrogen-bond donors (Lipinski definition) is 2. The maximum Gasteiger partial charge on any atom is 0.339 e. The molecule has 3 saturated carbocycles. The molecule has 0 bridgehead atoms. The number of ether oxygens (including phenoxy) is 2. The molecular weight excluding hydrogens is 570 g/mol. The fourth-order valence-corrected chi connectivity index (χ4v) is 8.65. The normalized spacial score (nSPS) is 37.3. The zero-order valence-electron chi connectivity index (χ0n) is 24.7. The molecule has 0 amide bonds. The number of ketones is 2. The summed E-state index contributed by atoms with van der Waals surface area (Å²) in [4.78, 5) is 39.1. The number of alkyl halides is 2. The van der Waals surface area contributed by atoms with Crippen molar-refractivity contribution in [2.75, 3.05) is 6.61 Å². The molecule has 0 spiro atoms. The molecule has 9 heteroatoms. The van der Waals surface area contributed by atoms with E-state index in [0.29, 0.717) is 12.4 Å². The third kappa shape index (κ3) is 4.30. The molecule has 7 nitrogen and oxygen atoms in total. The highest BCUT2D eigenvalue weighted by atomic mass is 19.1. The zero-order valence-corrected chi connectivity index (χ0v) is 24.7. The summed E-state index contributed by atoms with van der Waals surface area (Å²) in [5.74, 6) is -3.18. The molecular formula is C35H36F2O7. The maximum atomic E-state index is 17.4. The highest BCUT2D eigenvalue weighted by Gasteiger charge is 2.76. The summed E-state index contributed by atoms with van der Waals surface area (Å²) in [7, 11) is 0. The summed E-state index contributed by atoms with van der Waals surface area (Å²) in [6.07, 6.45) is 0.0174. The first-order chi connectivity index (χ1) is 20.9. The minimum absolute atomic E-state index is 0.00437. The number of aliphatic hydroxyl groups is 2. The molecule has 2 N–H and O–H groups in total. The van der Waals surface area contributed by atoms with Gasteiger partial charge in [0.15, 0.2) is 17.1 Å². The number of Topliss-reactive ketones (excluding diaryl/α,β-unsaturated/α-hetero) is 1. The van der Waals surface area contributed by atoms with E-state index in [1.54, 1.807) is 19.1 Å². The Kier molecular flexibility index (Phi) is 7.40. The highest BCUT2D eigenvalue weighted by molar-refractivity contribution is 6.01. The van der Waals surface area contributed by atoms with Crippen LogP contribution in [0.5, 0.6) is 5.75 Å². The predicted molar refractivity (Wildman–Crippen MR) is 156 cm³/mol. The van der Waals surface area contributed by atoms with Gasteiger partial charge in [0.05, 0.1) is 11.7 Å². The lowest BCUT2D eigenvalue weighted by Crippen LogP contribution is -2.70. The molecule has 232 valence electrons. The van der Waals surface area contributed by atoms with Gasteiger partial charge in [0.1, 0.15) is 25.1 Å². The molecule has 8 atom stereocenters. The largest absolute Gasteiger partial charge is 0.489 e. The topological polar surface area (TPSA) is 110 Å². The highest BCUT2D eigenvalue weighted by Crippen LogP contribution is 2.70. The van der Waals surface area contributed by atoms with Crippen molar-refractivity contribution in [3.8, 4) is 5.75 Å². The van der Waals surface area contributed by atoms with Crippen molar-refractivity contribution < 1.29 is 42.9 Å². The number of esters is 1. The third-order valence-corrected chi connectivity index (χ3v) is 10.9. The first-order valence-corrected chi connectivity index (χ1v) is 15.0. The Morgan fingerprint density at radius 2 is 1.75 bits per heavy atom. The number of fused-ring (bicyclic) bond motifs is 5. The molecule has 3 unspecified atom stereocenters. The van der Waals surface area contributed by atoms with Gasteiger partial charge in [-0.2, -0.15) is 0 Å². The van der Waals surface area contributed by atoms with Crippen molar-refractivity contribution in [3.63, 3.8) is 0 Å². The molecule has 4 aliphatic carbocycles. The number of hydrogen-bond acceptors (Lipinski definition) is 7. The van der Waals surface area contributed by atoms with Crippen LogP contribution in [0, 0.1) is 22.7 Å². The summed E-state index contributed by atoms with van der Waals surface area (Å²) in [6, 6.07) is 15.8. The van der Waals surface area contributed by atoms with E-state index in [2.05, 4.69) is 0 Å². The number of carbonyl (C=O) groups excluding carboxylic acids is 3. The van der Waals surface area contributed by atoms with Gasteiger partial charge in [-0.05, 0) is 86.1 Å². The number of allylic oxidation sites excluding steroid dienone is 4. The Balaban J connectivity index is 1.28. The van der Waals surface area contributed by atoms with Crippen LogP contribution in [0.4, 0.5) is 8.78 Å². The summed E-state index contributed by atoms with van der Waals surface area (Å²) < 4.78 is 45.0. The van der Waals surface area contributed by atoms with Crippen molar-refractivity contribution in [1.29, 1.82) is 0 Å². The second-order valence-corrected chi connectivity index (χ2v) is 13.0. The Bertz CT molecular complexity index is 1540. The van der Waals surface area contributed by atoms with Gasteiger partial charge >= 0.3 is 5.97 Å². The van der Waals surface area contributed by atoms with Gasteiger partial charge in [-0.15, -0.1) is 0 Å².